The van der Waals surface area contributed by atoms with Crippen molar-refractivity contribution < 1.29 is 9.53 Å². The third-order valence-electron chi connectivity index (χ3n) is 4.37. The smallest absolute Gasteiger partial charge is 0.253 e. The average Bonchev–Trinajstić information content (AvgIpc) is 2.64. The highest BCUT2D eigenvalue weighted by Gasteiger charge is 2.22. The maximum Gasteiger partial charge on any atom is 0.253 e. The zero-order valence-corrected chi connectivity index (χ0v) is 15.2. The second-order valence-corrected chi connectivity index (χ2v) is 6.59. The van der Waals surface area contributed by atoms with Gasteiger partial charge in [0.2, 0.25) is 0 Å². The van der Waals surface area contributed by atoms with Crippen molar-refractivity contribution >= 4 is 17.5 Å². The van der Waals surface area contributed by atoms with Crippen molar-refractivity contribution in [3.8, 4) is 5.75 Å². The molecule has 0 bridgehead atoms. The van der Waals surface area contributed by atoms with Crippen LogP contribution in [-0.2, 0) is 6.54 Å². The van der Waals surface area contributed by atoms with Gasteiger partial charge in [0, 0.05) is 43.3 Å². The minimum atomic E-state index is 0.0585. The van der Waals surface area contributed by atoms with Crippen LogP contribution in [0, 0.1) is 0 Å². The zero-order chi connectivity index (χ0) is 17.6. The van der Waals surface area contributed by atoms with E-state index in [0.717, 1.165) is 38.5 Å². The molecular formula is C20H23ClN2O2. The van der Waals surface area contributed by atoms with Gasteiger partial charge in [-0.25, -0.2) is 0 Å². The van der Waals surface area contributed by atoms with Gasteiger partial charge in [-0.3, -0.25) is 9.69 Å². The lowest BCUT2D eigenvalue weighted by molar-refractivity contribution is 0.0628. The highest BCUT2D eigenvalue weighted by Crippen LogP contribution is 2.17. The molecule has 1 aliphatic rings. The summed E-state index contributed by atoms with van der Waals surface area (Å²) in [6.45, 7) is 6.79. The van der Waals surface area contributed by atoms with Crippen molar-refractivity contribution in [1.82, 2.24) is 9.80 Å². The van der Waals surface area contributed by atoms with Gasteiger partial charge in [-0.15, -0.1) is 0 Å². The maximum absolute atomic E-state index is 12.6. The molecular weight excluding hydrogens is 336 g/mol. The average molecular weight is 359 g/mol. The van der Waals surface area contributed by atoms with E-state index in [9.17, 15) is 4.79 Å². The van der Waals surface area contributed by atoms with Gasteiger partial charge in [-0.05, 0) is 42.8 Å². The predicted octanol–water partition coefficient (Wildman–Crippen LogP) is 3.70. The number of ether oxygens (including phenoxy) is 1. The van der Waals surface area contributed by atoms with Crippen molar-refractivity contribution in [2.24, 2.45) is 0 Å². The van der Waals surface area contributed by atoms with Crippen LogP contribution >= 0.6 is 11.6 Å². The lowest BCUT2D eigenvalue weighted by Crippen LogP contribution is -2.48. The van der Waals surface area contributed by atoms with Gasteiger partial charge in [0.15, 0.2) is 0 Å². The van der Waals surface area contributed by atoms with E-state index in [2.05, 4.69) is 17.0 Å². The molecule has 25 heavy (non-hydrogen) atoms. The summed E-state index contributed by atoms with van der Waals surface area (Å²) in [7, 11) is 0. The first-order valence-corrected chi connectivity index (χ1v) is 9.02. The summed E-state index contributed by atoms with van der Waals surface area (Å²) in [5.74, 6) is 0.964. The van der Waals surface area contributed by atoms with Gasteiger partial charge in [-0.1, -0.05) is 29.8 Å². The monoisotopic (exact) mass is 358 g/mol. The van der Waals surface area contributed by atoms with Crippen LogP contribution in [0.2, 0.25) is 5.02 Å². The van der Waals surface area contributed by atoms with Crippen LogP contribution in [0.3, 0.4) is 0 Å². The number of nitrogens with zero attached hydrogens (tertiary/aromatic N) is 2. The van der Waals surface area contributed by atoms with Gasteiger partial charge in [0.25, 0.3) is 5.91 Å². The van der Waals surface area contributed by atoms with Crippen LogP contribution < -0.4 is 4.74 Å². The van der Waals surface area contributed by atoms with Gasteiger partial charge in [0.05, 0.1) is 6.61 Å². The first-order chi connectivity index (χ1) is 12.2. The number of piperazine rings is 1. The Labute approximate surface area is 154 Å². The number of amides is 1. The zero-order valence-electron chi connectivity index (χ0n) is 14.5. The molecule has 0 radical (unpaired) electrons. The Kier molecular flexibility index (Phi) is 5.95. The molecule has 2 aromatic rings. The van der Waals surface area contributed by atoms with Crippen molar-refractivity contribution in [2.75, 3.05) is 32.8 Å². The predicted molar refractivity (Wildman–Crippen MR) is 100 cm³/mol. The first-order valence-electron chi connectivity index (χ1n) is 8.64. The normalized spacial score (nSPS) is 15.2. The summed E-state index contributed by atoms with van der Waals surface area (Å²) >= 11 is 5.98. The molecule has 4 nitrogen and oxygen atoms in total. The summed E-state index contributed by atoms with van der Waals surface area (Å²) in [5, 5.41) is 0.597. The van der Waals surface area contributed by atoms with Gasteiger partial charge >= 0.3 is 0 Å². The van der Waals surface area contributed by atoms with E-state index in [1.807, 2.05) is 36.1 Å². The molecule has 2 aromatic carbocycles. The van der Waals surface area contributed by atoms with E-state index >= 15 is 0 Å². The summed E-state index contributed by atoms with van der Waals surface area (Å²) < 4.78 is 5.47. The molecule has 3 rings (SSSR count). The van der Waals surface area contributed by atoms with Gasteiger partial charge in [0.1, 0.15) is 5.75 Å². The molecule has 1 fully saturated rings. The Balaban J connectivity index is 1.52. The minimum Gasteiger partial charge on any atom is -0.494 e. The standard InChI is InChI=1S/C20H23ClN2O2/c1-2-25-19-8-6-16(7-9-19)15-22-10-12-23(13-11-22)20(24)17-4-3-5-18(21)14-17/h3-9,14H,2,10-13,15H2,1H3. The molecule has 0 spiro atoms. The van der Waals surface area contributed by atoms with Crippen LogP contribution in [-0.4, -0.2) is 48.5 Å². The molecule has 1 saturated heterocycles. The van der Waals surface area contributed by atoms with Crippen molar-refractivity contribution in [3.63, 3.8) is 0 Å². The fourth-order valence-corrected chi connectivity index (χ4v) is 3.22. The third kappa shape index (κ3) is 4.74. The minimum absolute atomic E-state index is 0.0585. The molecule has 0 aliphatic carbocycles. The Hall–Kier alpha value is -2.04. The van der Waals surface area contributed by atoms with Crippen molar-refractivity contribution in [3.05, 3.63) is 64.7 Å². The number of carbonyl (C=O) groups excluding carboxylic acids is 1. The highest BCUT2D eigenvalue weighted by atomic mass is 35.5. The number of benzene rings is 2. The lowest BCUT2D eigenvalue weighted by Gasteiger charge is -2.34. The van der Waals surface area contributed by atoms with Crippen LogP contribution in [0.15, 0.2) is 48.5 Å². The Morgan fingerprint density at radius 1 is 1.08 bits per heavy atom. The van der Waals surface area contributed by atoms with Crippen molar-refractivity contribution in [2.45, 2.75) is 13.5 Å². The van der Waals surface area contributed by atoms with E-state index in [1.165, 1.54) is 5.56 Å². The molecule has 0 unspecified atom stereocenters. The third-order valence-corrected chi connectivity index (χ3v) is 4.61. The summed E-state index contributed by atoms with van der Waals surface area (Å²) in [4.78, 5) is 16.8. The SMILES string of the molecule is CCOc1ccc(CN2CCN(C(=O)c3cccc(Cl)c3)CC2)cc1. The molecule has 0 N–H and O–H groups in total. The molecule has 5 heteroatoms. The van der Waals surface area contributed by atoms with E-state index in [0.29, 0.717) is 17.2 Å². The molecule has 132 valence electrons. The maximum atomic E-state index is 12.6. The first kappa shape index (κ1) is 17.8. The fourth-order valence-electron chi connectivity index (χ4n) is 3.03. The molecule has 1 amide bonds. The van der Waals surface area contributed by atoms with Crippen LogP contribution in [0.4, 0.5) is 0 Å². The van der Waals surface area contributed by atoms with Crippen molar-refractivity contribution in [1.29, 1.82) is 0 Å². The number of rotatable bonds is 5. The highest BCUT2D eigenvalue weighted by molar-refractivity contribution is 6.30. The fraction of sp³-hybridized carbons (Fsp3) is 0.350. The topological polar surface area (TPSA) is 32.8 Å². The van der Waals surface area contributed by atoms with Crippen LogP contribution in [0.1, 0.15) is 22.8 Å². The number of hydrogen-bond donors (Lipinski definition) is 0. The van der Waals surface area contributed by atoms with E-state index in [4.69, 9.17) is 16.3 Å². The summed E-state index contributed by atoms with van der Waals surface area (Å²) in [6, 6.07) is 15.4. The van der Waals surface area contributed by atoms with E-state index in [1.54, 1.807) is 12.1 Å². The molecule has 1 aliphatic heterocycles. The van der Waals surface area contributed by atoms with Crippen LogP contribution in [0.5, 0.6) is 5.75 Å². The molecule has 0 aromatic heterocycles. The summed E-state index contributed by atoms with van der Waals surface area (Å²) in [6.07, 6.45) is 0. The largest absolute Gasteiger partial charge is 0.494 e. The Morgan fingerprint density at radius 3 is 2.44 bits per heavy atom. The Morgan fingerprint density at radius 2 is 1.80 bits per heavy atom. The Bertz CT molecular complexity index is 710. The summed E-state index contributed by atoms with van der Waals surface area (Å²) in [5.41, 5.74) is 1.92. The number of carbonyl (C=O) groups is 1. The van der Waals surface area contributed by atoms with Crippen LogP contribution in [0.25, 0.3) is 0 Å². The molecule has 0 saturated carbocycles. The second-order valence-electron chi connectivity index (χ2n) is 6.16. The van der Waals surface area contributed by atoms with Gasteiger partial charge in [-0.2, -0.15) is 0 Å². The van der Waals surface area contributed by atoms with Gasteiger partial charge < -0.3 is 9.64 Å². The molecule has 0 atom stereocenters. The lowest BCUT2D eigenvalue weighted by atomic mass is 10.1. The number of hydrogen-bond acceptors (Lipinski definition) is 3. The quantitative estimate of drug-likeness (QED) is 0.817. The van der Waals surface area contributed by atoms with E-state index < -0.39 is 0 Å². The van der Waals surface area contributed by atoms with E-state index in [-0.39, 0.29) is 5.91 Å². The second kappa shape index (κ2) is 8.37. The number of halogens is 1. The molecule has 1 heterocycles.